The number of aryl methyl sites for hydroxylation is 1. The first-order valence-corrected chi connectivity index (χ1v) is 4.34. The van der Waals surface area contributed by atoms with E-state index in [0.29, 0.717) is 5.69 Å². The number of hydrogen-bond donors (Lipinski definition) is 2. The smallest absolute Gasteiger partial charge is 0.335 e. The lowest BCUT2D eigenvalue weighted by atomic mass is 10.0. The van der Waals surface area contributed by atoms with Gasteiger partial charge in [-0.05, 0) is 6.92 Å². The Morgan fingerprint density at radius 3 is 2.71 bits per heavy atom. The number of rotatable bonds is 3. The predicted molar refractivity (Wildman–Crippen MR) is 50.2 cm³/mol. The number of aliphatic carboxylic acids is 1. The molecule has 1 heterocycles. The second kappa shape index (κ2) is 3.59. The van der Waals surface area contributed by atoms with Crippen LogP contribution in [0.2, 0.25) is 5.15 Å². The van der Waals surface area contributed by atoms with Gasteiger partial charge in [0.15, 0.2) is 5.60 Å². The number of nitrogens with zero attached hydrogens (tertiary/aromatic N) is 2. The molecule has 5 nitrogen and oxygen atoms in total. The van der Waals surface area contributed by atoms with Crippen LogP contribution in [0, 0.1) is 0 Å². The van der Waals surface area contributed by atoms with E-state index < -0.39 is 11.6 Å². The Morgan fingerprint density at radius 1 is 1.79 bits per heavy atom. The minimum Gasteiger partial charge on any atom is -0.479 e. The molecule has 0 spiro atoms. The zero-order valence-electron chi connectivity index (χ0n) is 7.86. The normalized spacial score (nSPS) is 15.1. The lowest BCUT2D eigenvalue weighted by Crippen LogP contribution is -2.37. The van der Waals surface area contributed by atoms with Crippen molar-refractivity contribution in [3.05, 3.63) is 17.2 Å². The van der Waals surface area contributed by atoms with Gasteiger partial charge in [0.2, 0.25) is 0 Å². The second-order valence-corrected chi connectivity index (χ2v) is 3.71. The average Bonchev–Trinajstić information content (AvgIpc) is 2.35. The maximum absolute atomic E-state index is 10.6. The van der Waals surface area contributed by atoms with E-state index in [9.17, 15) is 9.90 Å². The summed E-state index contributed by atoms with van der Waals surface area (Å²) >= 11 is 5.72. The maximum atomic E-state index is 10.6. The summed E-state index contributed by atoms with van der Waals surface area (Å²) in [6, 6.07) is 0. The molecule has 0 saturated carbocycles. The summed E-state index contributed by atoms with van der Waals surface area (Å²) in [6.45, 7) is 1.22. The molecule has 0 bridgehead atoms. The van der Waals surface area contributed by atoms with Crippen LogP contribution >= 0.6 is 11.6 Å². The molecule has 1 rings (SSSR count). The van der Waals surface area contributed by atoms with Gasteiger partial charge in [-0.1, -0.05) is 11.6 Å². The summed E-state index contributed by atoms with van der Waals surface area (Å²) in [4.78, 5) is 14.4. The quantitative estimate of drug-likeness (QED) is 0.773. The fourth-order valence-electron chi connectivity index (χ4n) is 1.03. The van der Waals surface area contributed by atoms with Crippen molar-refractivity contribution in [1.29, 1.82) is 0 Å². The fraction of sp³-hybridized carbons (Fsp3) is 0.500. The lowest BCUT2D eigenvalue weighted by molar-refractivity contribution is -0.156. The van der Waals surface area contributed by atoms with Crippen LogP contribution in [-0.2, 0) is 18.3 Å². The van der Waals surface area contributed by atoms with Crippen molar-refractivity contribution in [2.45, 2.75) is 18.9 Å². The number of aromatic nitrogens is 2. The Bertz CT molecular complexity index is 340. The van der Waals surface area contributed by atoms with Gasteiger partial charge in [-0.3, -0.25) is 0 Å². The van der Waals surface area contributed by atoms with E-state index in [-0.39, 0.29) is 11.6 Å². The lowest BCUT2D eigenvalue weighted by Gasteiger charge is -2.17. The van der Waals surface area contributed by atoms with E-state index in [4.69, 9.17) is 16.7 Å². The third kappa shape index (κ3) is 2.05. The van der Waals surface area contributed by atoms with Gasteiger partial charge in [-0.2, -0.15) is 0 Å². The molecule has 1 aromatic rings. The second-order valence-electron chi connectivity index (χ2n) is 3.35. The van der Waals surface area contributed by atoms with Gasteiger partial charge < -0.3 is 14.8 Å². The summed E-state index contributed by atoms with van der Waals surface area (Å²) in [5.41, 5.74) is -1.32. The van der Waals surface area contributed by atoms with Gasteiger partial charge in [0.25, 0.3) is 0 Å². The molecule has 1 aromatic heterocycles. The van der Waals surface area contributed by atoms with Crippen LogP contribution in [0.5, 0.6) is 0 Å². The van der Waals surface area contributed by atoms with Crippen molar-refractivity contribution < 1.29 is 15.0 Å². The molecule has 78 valence electrons. The molecule has 2 N–H and O–H groups in total. The number of carbonyl (C=O) groups is 1. The summed E-state index contributed by atoms with van der Waals surface area (Å²) in [7, 11) is 1.69. The number of carboxylic acid groups (broad SMARTS) is 1. The molecule has 1 atom stereocenters. The van der Waals surface area contributed by atoms with Crippen molar-refractivity contribution in [3.63, 3.8) is 0 Å². The number of hydrogen-bond acceptors (Lipinski definition) is 3. The van der Waals surface area contributed by atoms with Gasteiger partial charge in [0, 0.05) is 13.5 Å². The third-order valence-electron chi connectivity index (χ3n) is 1.98. The largest absolute Gasteiger partial charge is 0.479 e. The number of halogens is 1. The molecular weight excluding hydrogens is 208 g/mol. The van der Waals surface area contributed by atoms with Crippen LogP contribution < -0.4 is 0 Å². The van der Waals surface area contributed by atoms with Crippen molar-refractivity contribution in [1.82, 2.24) is 9.55 Å². The first-order chi connectivity index (χ1) is 6.34. The van der Waals surface area contributed by atoms with E-state index >= 15 is 0 Å². The van der Waals surface area contributed by atoms with Gasteiger partial charge in [-0.25, -0.2) is 9.78 Å². The highest BCUT2D eigenvalue weighted by atomic mass is 35.5. The molecule has 6 heteroatoms. The van der Waals surface area contributed by atoms with Crippen LogP contribution in [-0.4, -0.2) is 31.3 Å². The van der Waals surface area contributed by atoms with Crippen molar-refractivity contribution in [2.75, 3.05) is 0 Å². The van der Waals surface area contributed by atoms with Gasteiger partial charge in [0.05, 0.1) is 12.0 Å². The van der Waals surface area contributed by atoms with Crippen molar-refractivity contribution >= 4 is 17.6 Å². The van der Waals surface area contributed by atoms with E-state index in [1.807, 2.05) is 0 Å². The van der Waals surface area contributed by atoms with E-state index in [2.05, 4.69) is 4.98 Å². The molecule has 0 aliphatic heterocycles. The average molecular weight is 219 g/mol. The molecule has 0 aliphatic rings. The van der Waals surface area contributed by atoms with Crippen LogP contribution in [0.4, 0.5) is 0 Å². The van der Waals surface area contributed by atoms with Crippen molar-refractivity contribution in [2.24, 2.45) is 7.05 Å². The maximum Gasteiger partial charge on any atom is 0.335 e. The SMILES string of the molecule is Cn1cnc(Cl)c1CC(C)(O)C(=O)O. The Balaban J connectivity index is 2.94. The molecule has 0 aromatic carbocycles. The molecule has 14 heavy (non-hydrogen) atoms. The third-order valence-corrected chi connectivity index (χ3v) is 2.30. The molecule has 0 amide bonds. The van der Waals surface area contributed by atoms with Gasteiger partial charge in [0.1, 0.15) is 5.15 Å². The molecule has 0 radical (unpaired) electrons. The van der Waals surface area contributed by atoms with Crippen LogP contribution in [0.15, 0.2) is 6.33 Å². The minimum absolute atomic E-state index is 0.0718. The summed E-state index contributed by atoms with van der Waals surface area (Å²) < 4.78 is 1.58. The Morgan fingerprint density at radius 2 is 2.36 bits per heavy atom. The standard InChI is InChI=1S/C8H11ClN2O3/c1-8(14,7(12)13)3-5-6(9)10-4-11(5)2/h4,14H,3H2,1-2H3,(H,12,13). The Kier molecular flexibility index (Phi) is 2.82. The Labute approximate surface area is 85.9 Å². The zero-order valence-corrected chi connectivity index (χ0v) is 8.62. The molecule has 0 fully saturated rings. The van der Waals surface area contributed by atoms with E-state index in [0.717, 1.165) is 0 Å². The van der Waals surface area contributed by atoms with E-state index in [1.54, 1.807) is 11.6 Å². The topological polar surface area (TPSA) is 75.3 Å². The van der Waals surface area contributed by atoms with Crippen molar-refractivity contribution in [3.8, 4) is 0 Å². The highest BCUT2D eigenvalue weighted by Crippen LogP contribution is 2.19. The molecule has 1 unspecified atom stereocenters. The molecular formula is C8H11ClN2O3. The van der Waals surface area contributed by atoms with Crippen LogP contribution in [0.3, 0.4) is 0 Å². The summed E-state index contributed by atoms with van der Waals surface area (Å²) in [5.74, 6) is -1.28. The number of carboxylic acids is 1. The monoisotopic (exact) mass is 218 g/mol. The van der Waals surface area contributed by atoms with Crippen LogP contribution in [0.25, 0.3) is 0 Å². The first-order valence-electron chi connectivity index (χ1n) is 3.96. The van der Waals surface area contributed by atoms with Gasteiger partial charge >= 0.3 is 5.97 Å². The summed E-state index contributed by atoms with van der Waals surface area (Å²) in [6.07, 6.45) is 1.40. The predicted octanol–water partition coefficient (Wildman–Crippen LogP) is 0.452. The highest BCUT2D eigenvalue weighted by Gasteiger charge is 2.32. The fourth-order valence-corrected chi connectivity index (χ4v) is 1.27. The molecule has 0 aliphatic carbocycles. The number of aliphatic hydroxyl groups is 1. The highest BCUT2D eigenvalue weighted by molar-refractivity contribution is 6.30. The minimum atomic E-state index is -1.82. The van der Waals surface area contributed by atoms with Crippen LogP contribution in [0.1, 0.15) is 12.6 Å². The first kappa shape index (κ1) is 11.0. The summed E-state index contributed by atoms with van der Waals surface area (Å²) in [5, 5.41) is 18.4. The molecule has 0 saturated heterocycles. The number of imidazole rings is 1. The zero-order chi connectivity index (χ0) is 10.9. The Hall–Kier alpha value is -1.07. The van der Waals surface area contributed by atoms with Gasteiger partial charge in [-0.15, -0.1) is 0 Å². The van der Waals surface area contributed by atoms with E-state index in [1.165, 1.54) is 13.3 Å².